The molecule has 1 heterocycles. The number of carbonyl (C=O) groups excluding carboxylic acids is 1. The zero-order valence-electron chi connectivity index (χ0n) is 8.79. The summed E-state index contributed by atoms with van der Waals surface area (Å²) < 4.78 is 0. The Morgan fingerprint density at radius 3 is 2.60 bits per heavy atom. The Labute approximate surface area is 94.8 Å². The van der Waals surface area contributed by atoms with Gasteiger partial charge in [-0.15, -0.1) is 0 Å². The highest BCUT2D eigenvalue weighted by molar-refractivity contribution is 6.31. The summed E-state index contributed by atoms with van der Waals surface area (Å²) in [4.78, 5) is 13.2. The molecule has 1 aromatic carbocycles. The van der Waals surface area contributed by atoms with E-state index in [-0.39, 0.29) is 0 Å². The molecule has 0 saturated carbocycles. The highest BCUT2D eigenvalue weighted by Gasteiger charge is 2.16. The SMILES string of the molecule is CN1CCc2c(Cl)ccc(C=O)c2CC1. The highest BCUT2D eigenvalue weighted by atomic mass is 35.5. The fourth-order valence-corrected chi connectivity index (χ4v) is 2.35. The van der Waals surface area contributed by atoms with Crippen LogP contribution in [0.4, 0.5) is 0 Å². The topological polar surface area (TPSA) is 20.3 Å². The maximum absolute atomic E-state index is 10.9. The normalized spacial score (nSPS) is 16.9. The Balaban J connectivity index is 2.48. The second-order valence-electron chi connectivity index (χ2n) is 4.01. The van der Waals surface area contributed by atoms with Crippen LogP contribution in [0.25, 0.3) is 0 Å². The van der Waals surface area contributed by atoms with E-state index >= 15 is 0 Å². The highest BCUT2D eigenvalue weighted by Crippen LogP contribution is 2.26. The molecule has 0 N–H and O–H groups in total. The monoisotopic (exact) mass is 223 g/mol. The van der Waals surface area contributed by atoms with Gasteiger partial charge in [0.1, 0.15) is 6.29 Å². The van der Waals surface area contributed by atoms with Crippen molar-refractivity contribution >= 4 is 17.9 Å². The smallest absolute Gasteiger partial charge is 0.150 e. The van der Waals surface area contributed by atoms with Gasteiger partial charge in [0.05, 0.1) is 0 Å². The summed E-state index contributed by atoms with van der Waals surface area (Å²) in [5, 5.41) is 0.797. The molecule has 0 saturated heterocycles. The zero-order valence-corrected chi connectivity index (χ0v) is 9.55. The largest absolute Gasteiger partial charge is 0.306 e. The maximum Gasteiger partial charge on any atom is 0.150 e. The van der Waals surface area contributed by atoms with Gasteiger partial charge in [0, 0.05) is 23.7 Å². The van der Waals surface area contributed by atoms with Crippen molar-refractivity contribution in [1.82, 2.24) is 4.90 Å². The quantitative estimate of drug-likeness (QED) is 0.681. The van der Waals surface area contributed by atoms with Gasteiger partial charge in [-0.3, -0.25) is 4.79 Å². The van der Waals surface area contributed by atoms with Crippen LogP contribution in [0.2, 0.25) is 5.02 Å². The van der Waals surface area contributed by atoms with Crippen molar-refractivity contribution in [2.45, 2.75) is 12.8 Å². The van der Waals surface area contributed by atoms with Crippen LogP contribution in [0.3, 0.4) is 0 Å². The fraction of sp³-hybridized carbons (Fsp3) is 0.417. The molecule has 0 aromatic heterocycles. The lowest BCUT2D eigenvalue weighted by molar-refractivity contribution is 0.112. The molecule has 15 heavy (non-hydrogen) atoms. The summed E-state index contributed by atoms with van der Waals surface area (Å²) in [7, 11) is 2.10. The first-order chi connectivity index (χ1) is 7.22. The van der Waals surface area contributed by atoms with E-state index in [4.69, 9.17) is 11.6 Å². The molecule has 1 aromatic rings. The van der Waals surface area contributed by atoms with Crippen LogP contribution in [0.5, 0.6) is 0 Å². The minimum Gasteiger partial charge on any atom is -0.306 e. The van der Waals surface area contributed by atoms with E-state index in [0.717, 1.165) is 53.9 Å². The minimum atomic E-state index is 0.796. The Bertz CT molecular complexity index is 389. The van der Waals surface area contributed by atoms with Gasteiger partial charge in [-0.05, 0) is 43.1 Å². The maximum atomic E-state index is 10.9. The average Bonchev–Trinajstić information content (AvgIpc) is 2.43. The van der Waals surface area contributed by atoms with Gasteiger partial charge < -0.3 is 4.90 Å². The van der Waals surface area contributed by atoms with Crippen LogP contribution < -0.4 is 0 Å². The molecule has 0 fully saturated rings. The van der Waals surface area contributed by atoms with E-state index in [0.29, 0.717) is 0 Å². The van der Waals surface area contributed by atoms with Crippen LogP contribution in [0, 0.1) is 0 Å². The first-order valence-corrected chi connectivity index (χ1v) is 5.54. The van der Waals surface area contributed by atoms with Gasteiger partial charge in [-0.25, -0.2) is 0 Å². The zero-order chi connectivity index (χ0) is 10.8. The van der Waals surface area contributed by atoms with E-state index in [1.807, 2.05) is 12.1 Å². The second kappa shape index (κ2) is 4.33. The van der Waals surface area contributed by atoms with E-state index in [9.17, 15) is 4.79 Å². The van der Waals surface area contributed by atoms with Crippen molar-refractivity contribution in [3.05, 3.63) is 33.8 Å². The molecule has 1 aliphatic heterocycles. The van der Waals surface area contributed by atoms with Crippen LogP contribution >= 0.6 is 11.6 Å². The predicted octanol–water partition coefficient (Wildman–Crippen LogP) is 2.18. The Morgan fingerprint density at radius 2 is 1.93 bits per heavy atom. The number of hydrogen-bond acceptors (Lipinski definition) is 2. The van der Waals surface area contributed by atoms with Crippen molar-refractivity contribution < 1.29 is 4.79 Å². The van der Waals surface area contributed by atoms with E-state index in [2.05, 4.69) is 11.9 Å². The van der Waals surface area contributed by atoms with Gasteiger partial charge in [0.15, 0.2) is 0 Å². The first-order valence-electron chi connectivity index (χ1n) is 5.16. The van der Waals surface area contributed by atoms with Gasteiger partial charge in [0.2, 0.25) is 0 Å². The van der Waals surface area contributed by atoms with Crippen molar-refractivity contribution in [1.29, 1.82) is 0 Å². The number of benzene rings is 1. The molecule has 80 valence electrons. The molecule has 0 unspecified atom stereocenters. The molecular weight excluding hydrogens is 210 g/mol. The summed E-state index contributed by atoms with van der Waals surface area (Å²) in [6, 6.07) is 3.65. The lowest BCUT2D eigenvalue weighted by atomic mass is 9.98. The molecule has 0 radical (unpaired) electrons. The molecule has 0 amide bonds. The lowest BCUT2D eigenvalue weighted by Gasteiger charge is -2.11. The number of halogens is 1. The molecule has 0 aliphatic carbocycles. The average molecular weight is 224 g/mol. The molecular formula is C12H14ClNO. The number of aldehydes is 1. The van der Waals surface area contributed by atoms with Crippen molar-refractivity contribution in [3.63, 3.8) is 0 Å². The molecule has 2 nitrogen and oxygen atoms in total. The van der Waals surface area contributed by atoms with Crippen LogP contribution in [-0.2, 0) is 12.8 Å². The van der Waals surface area contributed by atoms with Crippen molar-refractivity contribution in [3.8, 4) is 0 Å². The molecule has 0 spiro atoms. The first kappa shape index (κ1) is 10.7. The molecule has 0 atom stereocenters. The second-order valence-corrected chi connectivity index (χ2v) is 4.42. The Morgan fingerprint density at radius 1 is 1.27 bits per heavy atom. The molecule has 3 heteroatoms. The number of rotatable bonds is 1. The summed E-state index contributed by atoms with van der Waals surface area (Å²) in [6.07, 6.45) is 2.79. The Kier molecular flexibility index (Phi) is 3.08. The summed E-state index contributed by atoms with van der Waals surface area (Å²) in [5.74, 6) is 0. The van der Waals surface area contributed by atoms with E-state index < -0.39 is 0 Å². The third-order valence-electron chi connectivity index (χ3n) is 3.02. The third-order valence-corrected chi connectivity index (χ3v) is 3.38. The summed E-state index contributed by atoms with van der Waals surface area (Å²) >= 11 is 6.16. The van der Waals surface area contributed by atoms with Crippen molar-refractivity contribution in [2.75, 3.05) is 20.1 Å². The fourth-order valence-electron chi connectivity index (χ4n) is 2.08. The van der Waals surface area contributed by atoms with E-state index in [1.54, 1.807) is 0 Å². The van der Waals surface area contributed by atoms with Gasteiger partial charge in [0.25, 0.3) is 0 Å². The molecule has 2 rings (SSSR count). The summed E-state index contributed by atoms with van der Waals surface area (Å²) in [5.41, 5.74) is 3.09. The number of fused-ring (bicyclic) bond motifs is 1. The minimum absolute atomic E-state index is 0.796. The molecule has 1 aliphatic rings. The lowest BCUT2D eigenvalue weighted by Crippen LogP contribution is -2.20. The van der Waals surface area contributed by atoms with Gasteiger partial charge in [-0.1, -0.05) is 11.6 Å². The number of nitrogens with zero attached hydrogens (tertiary/aromatic N) is 1. The summed E-state index contributed by atoms with van der Waals surface area (Å²) in [6.45, 7) is 2.00. The number of carbonyl (C=O) groups is 1. The third kappa shape index (κ3) is 2.06. The van der Waals surface area contributed by atoms with Gasteiger partial charge in [-0.2, -0.15) is 0 Å². The van der Waals surface area contributed by atoms with Crippen LogP contribution in [0.15, 0.2) is 12.1 Å². The Hall–Kier alpha value is -0.860. The van der Waals surface area contributed by atoms with E-state index in [1.165, 1.54) is 0 Å². The van der Waals surface area contributed by atoms with Crippen LogP contribution in [0.1, 0.15) is 21.5 Å². The molecule has 0 bridgehead atoms. The van der Waals surface area contributed by atoms with Gasteiger partial charge >= 0.3 is 0 Å². The predicted molar refractivity (Wildman–Crippen MR) is 61.7 cm³/mol. The number of hydrogen-bond donors (Lipinski definition) is 0. The standard InChI is InChI=1S/C12H14ClNO/c1-14-6-4-10-9(8-15)2-3-12(13)11(10)5-7-14/h2-3,8H,4-7H2,1H3. The number of likely N-dealkylation sites (N-methyl/N-ethyl adjacent to an activating group) is 1. The van der Waals surface area contributed by atoms with Crippen molar-refractivity contribution in [2.24, 2.45) is 0 Å². The van der Waals surface area contributed by atoms with Crippen LogP contribution in [-0.4, -0.2) is 31.3 Å².